The summed E-state index contributed by atoms with van der Waals surface area (Å²) in [6.45, 7) is 21.6. The number of esters is 2. The van der Waals surface area contributed by atoms with Crippen LogP contribution in [0, 0.1) is 65.6 Å². The van der Waals surface area contributed by atoms with Gasteiger partial charge in [0.05, 0.1) is 122 Å². The Morgan fingerprint density at radius 3 is 1.13 bits per heavy atom. The van der Waals surface area contributed by atoms with Gasteiger partial charge in [-0.2, -0.15) is 21.0 Å². The maximum Gasteiger partial charge on any atom is 0.353 e. The Morgan fingerprint density at radius 2 is 0.787 bits per heavy atom. The fraction of sp³-hybridized carbons (Fsp3) is 0.180. The van der Waals surface area contributed by atoms with Gasteiger partial charge in [-0.05, 0) is 164 Å². The Hall–Kier alpha value is -12.6. The third kappa shape index (κ3) is 28.9. The number of nitro benzene ring substituents is 2. The molecular formula is C89H84ClI3N12O19S2V. The number of nitriles is 4. The maximum absolute atomic E-state index is 13.2. The number of aliphatic carboxylic acids is 1. The van der Waals surface area contributed by atoms with E-state index in [1.165, 1.54) is 118 Å². The first kappa shape index (κ1) is 110. The van der Waals surface area contributed by atoms with E-state index in [2.05, 4.69) is 89.3 Å². The summed E-state index contributed by atoms with van der Waals surface area (Å²) in [5.41, 5.74) is 15.6. The standard InChI is InChI=1S/C25H21N3O4S.C15H7N3O4.C15H9N3O2.C10H13ClO2S.C8H3NO5.C7H6N2.2C2H5I.C2H4O2.C2H6.CH4.HI.V/c1-25(2,3)17-10-12-19(13-11-17)33(31,32)27-21-9-5-8-20-22(21)24(30)28(23(20)29)18-7-4-6-16(14-18)15-26;16-8-9-3-1-4-10(7-9)17-14(19)11-5-2-6-12(18(21)22)13(11)15(17)20;16-8-9-3-1-4-10(7-9)18-14(19)11-5-2-6-12(17)13(11)15(18)20;1-10(2,3)8-4-6-9(7-5-8)14(11,12)13;10-7-4-2-1-3-5(9(12)13)6(4)8(11)14-7;8-5-6-2-1-3-7(9)4-6;2*1-2-3;1-2(3)4;1-2;;;/h4-14,27H,1-3H3;1-7H;1-7H,17H2;4-7H,1-3H3;1-3H;1-4H,9H2;2*2H2,1H3;1H3,(H,3,4);1-2H3;1H4;1H;. The van der Waals surface area contributed by atoms with Crippen LogP contribution in [0.1, 0.15) is 200 Å². The van der Waals surface area contributed by atoms with Crippen molar-refractivity contribution >= 4 is 198 Å². The van der Waals surface area contributed by atoms with Crippen LogP contribution in [0.25, 0.3) is 0 Å². The number of nitro groups is 2. The minimum Gasteiger partial charge on any atom is -0.481 e. The molecule has 0 saturated heterocycles. The molecule has 0 fully saturated rings. The number of carbonyl (C=O) groups is 9. The van der Waals surface area contributed by atoms with Gasteiger partial charge in [0.1, 0.15) is 5.56 Å². The number of carbonyl (C=O) groups excluding carboxylic acids is 8. The predicted molar refractivity (Wildman–Crippen MR) is 506 cm³/mol. The van der Waals surface area contributed by atoms with Crippen LogP contribution in [-0.2, 0) is 58.0 Å². The number of carboxylic acid groups (broad SMARTS) is 1. The summed E-state index contributed by atoms with van der Waals surface area (Å²) >= 11 is 4.58. The molecule has 0 unspecified atom stereocenters. The monoisotopic (exact) mass is 2160 g/mol. The summed E-state index contributed by atoms with van der Waals surface area (Å²) < 4.78 is 57.1. The largest absolute Gasteiger partial charge is 0.481 e. The zero-order valence-corrected chi connectivity index (χ0v) is 79.4. The number of nitrogens with two attached hydrogens (primary N) is 2. The summed E-state index contributed by atoms with van der Waals surface area (Å²) in [7, 11) is -2.40. The van der Waals surface area contributed by atoms with Crippen molar-refractivity contribution in [1.29, 1.82) is 21.0 Å². The first-order chi connectivity index (χ1) is 58.4. The van der Waals surface area contributed by atoms with Gasteiger partial charge in [-0.3, -0.25) is 58.5 Å². The smallest absolute Gasteiger partial charge is 0.353 e. The van der Waals surface area contributed by atoms with E-state index in [9.17, 15) is 75.4 Å². The molecule has 1 radical (unpaired) electrons. The molecule has 4 aliphatic rings. The van der Waals surface area contributed by atoms with E-state index in [1.807, 2.05) is 58.9 Å². The topological polar surface area (TPSA) is 507 Å². The number of anilines is 6. The van der Waals surface area contributed by atoms with E-state index in [0.29, 0.717) is 28.1 Å². The number of carboxylic acids is 1. The first-order valence-corrected chi connectivity index (χ1v) is 43.5. The van der Waals surface area contributed by atoms with Crippen LogP contribution >= 0.6 is 79.8 Å². The Balaban J connectivity index is 0.000000518. The number of amides is 6. The molecule has 0 aliphatic carbocycles. The van der Waals surface area contributed by atoms with Crippen molar-refractivity contribution in [2.75, 3.05) is 39.7 Å². The maximum atomic E-state index is 13.2. The van der Waals surface area contributed by atoms with E-state index < -0.39 is 93.6 Å². The molecule has 0 spiro atoms. The molecule has 10 aromatic rings. The van der Waals surface area contributed by atoms with Crippen molar-refractivity contribution in [2.45, 2.75) is 104 Å². The van der Waals surface area contributed by atoms with Crippen molar-refractivity contribution in [1.82, 2.24) is 0 Å². The van der Waals surface area contributed by atoms with Gasteiger partial charge in [0.2, 0.25) is 0 Å². The van der Waals surface area contributed by atoms with E-state index in [1.54, 1.807) is 103 Å². The van der Waals surface area contributed by atoms with Crippen molar-refractivity contribution in [3.8, 4) is 24.3 Å². The summed E-state index contributed by atoms with van der Waals surface area (Å²) in [4.78, 5) is 130. The fourth-order valence-corrected chi connectivity index (χ4v) is 13.1. The zero-order valence-electron chi connectivity index (χ0n) is 69.0. The number of alkyl halides is 2. The van der Waals surface area contributed by atoms with E-state index in [-0.39, 0.29) is 143 Å². The summed E-state index contributed by atoms with van der Waals surface area (Å²) in [6, 6.07) is 63.2. The first-order valence-electron chi connectivity index (χ1n) is 36.7. The number of rotatable bonds is 9. The molecule has 0 aromatic heterocycles. The molecule has 14 rings (SSSR count). The normalized spacial score (nSPS) is 11.9. The van der Waals surface area contributed by atoms with Crippen LogP contribution in [0.15, 0.2) is 228 Å². The number of ether oxygens (including phenoxy) is 1. The quantitative estimate of drug-likeness (QED) is 0.0120. The molecule has 38 heteroatoms. The third-order valence-corrected chi connectivity index (χ3v) is 19.5. The molecule has 10 aromatic carbocycles. The van der Waals surface area contributed by atoms with Crippen molar-refractivity contribution in [2.24, 2.45) is 0 Å². The van der Waals surface area contributed by atoms with Gasteiger partial charge in [0.15, 0.2) is 5.56 Å². The van der Waals surface area contributed by atoms with Crippen LogP contribution in [0.2, 0.25) is 0 Å². The van der Waals surface area contributed by atoms with Crippen molar-refractivity contribution < 1.29 is 98.2 Å². The molecule has 4 heterocycles. The molecule has 0 bridgehead atoms. The van der Waals surface area contributed by atoms with Gasteiger partial charge in [0, 0.05) is 59.7 Å². The third-order valence-electron chi connectivity index (χ3n) is 16.8. The minimum absolute atomic E-state index is 0. The minimum atomic E-state index is -4.01. The molecule has 6 N–H and O–H groups in total. The Morgan fingerprint density at radius 1 is 0.480 bits per heavy atom. The number of cyclic esters (lactones) is 2. The Bertz CT molecular complexity index is 6220. The SMILES string of the molecule is C.CC.CC(=O)O.CC(C)(C)c1ccc(S(=O)(=O)Cl)cc1.CC(C)(C)c1ccc(S(=O)(=O)Nc2cccc3c2C(=O)N(c2cccc(C#N)c2)C3=O)cc1.CCI.CCI.I.N#Cc1cccc(N)c1.N#Cc1cccc(N2C(=O)c3cccc(N)c3C2=O)c1.N#Cc1cccc(N2C(=O)c3cccc([N+](=O)[O-])c3C2=O)c1.O=C1OC(=O)c2c1cccc2[N+](=O)[O-].[V]. The fourth-order valence-electron chi connectivity index (χ4n) is 11.3. The predicted octanol–water partition coefficient (Wildman–Crippen LogP) is 18.9. The van der Waals surface area contributed by atoms with Crippen molar-refractivity contribution in [3.63, 3.8) is 0 Å². The van der Waals surface area contributed by atoms with Gasteiger partial charge in [-0.15, -0.1) is 24.0 Å². The van der Waals surface area contributed by atoms with E-state index >= 15 is 0 Å². The second-order valence-corrected chi connectivity index (χ2v) is 34.6. The number of nitrogens with one attached hydrogen (secondary N) is 1. The van der Waals surface area contributed by atoms with Gasteiger partial charge in [0.25, 0.3) is 71.9 Å². The van der Waals surface area contributed by atoms with Crippen LogP contribution in [0.5, 0.6) is 0 Å². The van der Waals surface area contributed by atoms with E-state index in [0.717, 1.165) is 38.8 Å². The zero-order chi connectivity index (χ0) is 93.1. The number of fused-ring (bicyclic) bond motifs is 4. The summed E-state index contributed by atoms with van der Waals surface area (Å²) in [5, 5.41) is 64.2. The number of hydrogen-bond acceptors (Lipinski definition) is 24. The number of halogens is 4. The number of nitrogens with zero attached hydrogens (tertiary/aromatic N) is 9. The Labute approximate surface area is 794 Å². The number of imide groups is 3. The molecule has 0 saturated carbocycles. The molecule has 6 amide bonds. The van der Waals surface area contributed by atoms with Gasteiger partial charge in [-0.1, -0.05) is 195 Å². The molecule has 0 atom stereocenters. The van der Waals surface area contributed by atoms with Crippen LogP contribution in [0.4, 0.5) is 45.5 Å². The summed E-state index contributed by atoms with van der Waals surface area (Å²) in [5.74, 6) is -6.16. The summed E-state index contributed by atoms with van der Waals surface area (Å²) in [6.07, 6.45) is 0. The molecule has 31 nitrogen and oxygen atoms in total. The van der Waals surface area contributed by atoms with Crippen LogP contribution in [0.3, 0.4) is 0 Å². The van der Waals surface area contributed by atoms with Gasteiger partial charge < -0.3 is 21.3 Å². The second-order valence-electron chi connectivity index (χ2n) is 27.3. The second kappa shape index (κ2) is 49.9. The molecule has 659 valence electrons. The van der Waals surface area contributed by atoms with E-state index in [4.69, 9.17) is 53.1 Å². The molecule has 4 aliphatic heterocycles. The Kier molecular flexibility index (Phi) is 43.4. The van der Waals surface area contributed by atoms with Crippen LogP contribution < -0.4 is 30.9 Å². The van der Waals surface area contributed by atoms with Crippen LogP contribution in [-0.4, -0.2) is 94.0 Å². The van der Waals surface area contributed by atoms with Gasteiger partial charge in [-0.25, -0.2) is 41.1 Å². The number of hydrogen-bond donors (Lipinski definition) is 4. The number of benzene rings is 10. The number of sulfonamides is 1. The van der Waals surface area contributed by atoms with Crippen molar-refractivity contribution in [3.05, 3.63) is 317 Å². The van der Waals surface area contributed by atoms with Gasteiger partial charge >= 0.3 is 11.9 Å². The average Bonchev–Trinajstić information content (AvgIpc) is 1.62. The molecule has 127 heavy (non-hydrogen) atoms. The number of nitrogen functional groups attached to an aromatic ring is 2. The molecular weight excluding hydrogens is 2070 g/mol. The average molecular weight is 2160 g/mol.